The van der Waals surface area contributed by atoms with Gasteiger partial charge in [-0.25, -0.2) is 0 Å². The first-order valence-electron chi connectivity index (χ1n) is 6.72. The summed E-state index contributed by atoms with van der Waals surface area (Å²) in [6.45, 7) is 0. The Morgan fingerprint density at radius 2 is 1.41 bits per heavy atom. The smallest absolute Gasteiger partial charge is 0.237 e. The SMILES string of the molecule is N#CC(C#N)=NNc1ccc(CCc2ccc(O)cc2)cc1. The number of nitrogens with one attached hydrogen (secondary N) is 1. The lowest BCUT2D eigenvalue weighted by Gasteiger charge is -2.04. The Morgan fingerprint density at radius 1 is 0.909 bits per heavy atom. The van der Waals surface area contributed by atoms with Gasteiger partial charge < -0.3 is 5.11 Å². The number of hydrazone groups is 1. The van der Waals surface area contributed by atoms with Gasteiger partial charge in [0.25, 0.3) is 0 Å². The molecule has 0 aliphatic carbocycles. The van der Waals surface area contributed by atoms with Crippen molar-refractivity contribution in [2.24, 2.45) is 5.10 Å². The van der Waals surface area contributed by atoms with E-state index in [1.165, 1.54) is 5.56 Å². The van der Waals surface area contributed by atoms with Gasteiger partial charge in [-0.1, -0.05) is 24.3 Å². The first kappa shape index (κ1) is 15.1. The highest BCUT2D eigenvalue weighted by Gasteiger charge is 1.98. The molecular formula is C17H14N4O. The van der Waals surface area contributed by atoms with E-state index >= 15 is 0 Å². The van der Waals surface area contributed by atoms with E-state index in [9.17, 15) is 5.11 Å². The molecular weight excluding hydrogens is 276 g/mol. The third kappa shape index (κ3) is 4.36. The normalized spacial score (nSPS) is 9.36. The molecule has 22 heavy (non-hydrogen) atoms. The van der Waals surface area contributed by atoms with Crippen LogP contribution >= 0.6 is 0 Å². The van der Waals surface area contributed by atoms with E-state index in [1.807, 2.05) is 36.4 Å². The average Bonchev–Trinajstić information content (AvgIpc) is 2.56. The molecule has 0 saturated heterocycles. The number of rotatable bonds is 5. The van der Waals surface area contributed by atoms with Crippen molar-refractivity contribution < 1.29 is 5.11 Å². The van der Waals surface area contributed by atoms with Gasteiger partial charge in [-0.3, -0.25) is 5.43 Å². The lowest BCUT2D eigenvalue weighted by atomic mass is 10.0. The second-order valence-corrected chi connectivity index (χ2v) is 4.66. The molecule has 0 aromatic heterocycles. The number of aryl methyl sites for hydroxylation is 2. The number of phenolic OH excluding ortho intramolecular Hbond substituents is 1. The number of benzene rings is 2. The van der Waals surface area contributed by atoms with E-state index < -0.39 is 0 Å². The number of nitriles is 2. The van der Waals surface area contributed by atoms with Gasteiger partial charge in [0.15, 0.2) is 0 Å². The van der Waals surface area contributed by atoms with Crippen LogP contribution in [0.25, 0.3) is 0 Å². The van der Waals surface area contributed by atoms with Crippen LogP contribution in [0.1, 0.15) is 11.1 Å². The molecule has 0 unspecified atom stereocenters. The van der Waals surface area contributed by atoms with Crippen molar-refractivity contribution in [1.82, 2.24) is 0 Å². The van der Waals surface area contributed by atoms with E-state index in [-0.39, 0.29) is 11.5 Å². The van der Waals surface area contributed by atoms with Gasteiger partial charge in [-0.15, -0.1) is 0 Å². The van der Waals surface area contributed by atoms with Crippen molar-refractivity contribution in [1.29, 1.82) is 10.5 Å². The Kier molecular flexibility index (Phi) is 5.12. The number of phenols is 1. The molecule has 0 bridgehead atoms. The van der Waals surface area contributed by atoms with Crippen molar-refractivity contribution in [2.45, 2.75) is 12.8 Å². The van der Waals surface area contributed by atoms with Crippen LogP contribution in [0.2, 0.25) is 0 Å². The summed E-state index contributed by atoms with van der Waals surface area (Å²) in [5.41, 5.74) is 5.51. The average molecular weight is 290 g/mol. The Hall–Kier alpha value is -3.31. The van der Waals surface area contributed by atoms with Gasteiger partial charge in [0.2, 0.25) is 5.71 Å². The summed E-state index contributed by atoms with van der Waals surface area (Å²) in [7, 11) is 0. The van der Waals surface area contributed by atoms with E-state index in [1.54, 1.807) is 24.3 Å². The van der Waals surface area contributed by atoms with E-state index in [0.29, 0.717) is 0 Å². The fourth-order valence-corrected chi connectivity index (χ4v) is 1.89. The lowest BCUT2D eigenvalue weighted by Crippen LogP contribution is -1.97. The molecule has 2 aromatic rings. The number of nitrogens with zero attached hydrogens (tertiary/aromatic N) is 3. The van der Waals surface area contributed by atoms with Gasteiger partial charge in [0.1, 0.15) is 17.9 Å². The van der Waals surface area contributed by atoms with Crippen molar-refractivity contribution in [3.05, 3.63) is 59.7 Å². The zero-order chi connectivity index (χ0) is 15.8. The first-order valence-corrected chi connectivity index (χ1v) is 6.72. The number of hydrogen-bond donors (Lipinski definition) is 2. The molecule has 0 atom stereocenters. The molecule has 0 saturated carbocycles. The maximum atomic E-state index is 9.24. The fraction of sp³-hybridized carbons (Fsp3) is 0.118. The molecule has 5 heteroatoms. The van der Waals surface area contributed by atoms with Crippen LogP contribution in [-0.4, -0.2) is 10.8 Å². The van der Waals surface area contributed by atoms with E-state index in [4.69, 9.17) is 10.5 Å². The summed E-state index contributed by atoms with van der Waals surface area (Å²) >= 11 is 0. The summed E-state index contributed by atoms with van der Waals surface area (Å²) in [6, 6.07) is 18.2. The summed E-state index contributed by atoms with van der Waals surface area (Å²) in [6.07, 6.45) is 1.77. The molecule has 2 N–H and O–H groups in total. The maximum absolute atomic E-state index is 9.24. The van der Waals surface area contributed by atoms with Gasteiger partial charge in [0, 0.05) is 0 Å². The second kappa shape index (κ2) is 7.47. The number of aromatic hydroxyl groups is 1. The van der Waals surface area contributed by atoms with E-state index in [2.05, 4.69) is 10.5 Å². The lowest BCUT2D eigenvalue weighted by molar-refractivity contribution is 0.475. The van der Waals surface area contributed by atoms with Crippen molar-refractivity contribution in [2.75, 3.05) is 5.43 Å². The van der Waals surface area contributed by atoms with Crippen LogP contribution in [0.15, 0.2) is 53.6 Å². The molecule has 2 aromatic carbocycles. The fourth-order valence-electron chi connectivity index (χ4n) is 1.89. The maximum Gasteiger partial charge on any atom is 0.237 e. The summed E-state index contributed by atoms with van der Waals surface area (Å²) < 4.78 is 0. The Labute approximate surface area is 128 Å². The molecule has 0 aliphatic heterocycles. The van der Waals surface area contributed by atoms with Crippen molar-refractivity contribution in [3.8, 4) is 17.9 Å². The first-order chi connectivity index (χ1) is 10.7. The Balaban J connectivity index is 1.92. The molecule has 0 radical (unpaired) electrons. The van der Waals surface area contributed by atoms with Crippen molar-refractivity contribution in [3.63, 3.8) is 0 Å². The van der Waals surface area contributed by atoms with Crippen LogP contribution in [0, 0.1) is 22.7 Å². The highest BCUT2D eigenvalue weighted by atomic mass is 16.3. The standard InChI is InChI=1S/C17H14N4O/c18-11-16(12-19)21-20-15-7-3-13(4-8-15)1-2-14-5-9-17(22)10-6-14/h3-10,20,22H,1-2H2. The monoisotopic (exact) mass is 290 g/mol. The van der Waals surface area contributed by atoms with Crippen LogP contribution in [-0.2, 0) is 12.8 Å². The minimum atomic E-state index is -0.212. The highest BCUT2D eigenvalue weighted by Crippen LogP contribution is 2.14. The highest BCUT2D eigenvalue weighted by molar-refractivity contribution is 6.10. The van der Waals surface area contributed by atoms with Gasteiger partial charge in [0.05, 0.1) is 5.69 Å². The third-order valence-electron chi connectivity index (χ3n) is 3.10. The molecule has 0 amide bonds. The number of anilines is 1. The summed E-state index contributed by atoms with van der Waals surface area (Å²) in [5.74, 6) is 0.272. The Morgan fingerprint density at radius 3 is 1.91 bits per heavy atom. The number of hydrogen-bond acceptors (Lipinski definition) is 5. The van der Waals surface area contributed by atoms with Gasteiger partial charge in [-0.05, 0) is 48.2 Å². The predicted octanol–water partition coefficient (Wildman–Crippen LogP) is 2.99. The van der Waals surface area contributed by atoms with Gasteiger partial charge in [-0.2, -0.15) is 15.6 Å². The van der Waals surface area contributed by atoms with Gasteiger partial charge >= 0.3 is 0 Å². The predicted molar refractivity (Wildman–Crippen MR) is 84.2 cm³/mol. The summed E-state index contributed by atoms with van der Waals surface area (Å²) in [5, 5.41) is 30.1. The quantitative estimate of drug-likeness (QED) is 0.654. The molecule has 0 heterocycles. The zero-order valence-electron chi connectivity index (χ0n) is 11.8. The minimum absolute atomic E-state index is 0.212. The summed E-state index contributed by atoms with van der Waals surface area (Å²) in [4.78, 5) is 0. The van der Waals surface area contributed by atoms with Crippen LogP contribution in [0.3, 0.4) is 0 Å². The molecule has 0 fully saturated rings. The molecule has 108 valence electrons. The van der Waals surface area contributed by atoms with Crippen molar-refractivity contribution >= 4 is 11.4 Å². The minimum Gasteiger partial charge on any atom is -0.508 e. The second-order valence-electron chi connectivity index (χ2n) is 4.66. The zero-order valence-corrected chi connectivity index (χ0v) is 11.8. The third-order valence-corrected chi connectivity index (χ3v) is 3.10. The van der Waals surface area contributed by atoms with Crippen LogP contribution in [0.4, 0.5) is 5.69 Å². The molecule has 0 aliphatic rings. The molecule has 5 nitrogen and oxygen atoms in total. The molecule has 2 rings (SSSR count). The topological polar surface area (TPSA) is 92.2 Å². The largest absolute Gasteiger partial charge is 0.508 e. The van der Waals surface area contributed by atoms with Crippen LogP contribution < -0.4 is 5.43 Å². The van der Waals surface area contributed by atoms with E-state index in [0.717, 1.165) is 24.1 Å². The Bertz CT molecular complexity index is 718. The van der Waals surface area contributed by atoms with Crippen LogP contribution in [0.5, 0.6) is 5.75 Å². The molecule has 0 spiro atoms.